The van der Waals surface area contributed by atoms with Crippen LogP contribution in [-0.2, 0) is 10.8 Å². The molecule has 0 saturated carbocycles. The molecule has 62 heavy (non-hydrogen) atoms. The van der Waals surface area contributed by atoms with E-state index in [1.165, 1.54) is 5.56 Å². The summed E-state index contributed by atoms with van der Waals surface area (Å²) in [6, 6.07) is 54.2. The number of para-hydroxylation sites is 2. The van der Waals surface area contributed by atoms with E-state index in [1.807, 2.05) is 42.6 Å². The topological polar surface area (TPSA) is 35.9 Å². The molecule has 0 radical (unpaired) electrons. The van der Waals surface area contributed by atoms with Gasteiger partial charge < -0.3 is 4.74 Å². The van der Waals surface area contributed by atoms with Gasteiger partial charge in [-0.1, -0.05) is 150 Å². The average Bonchev–Trinajstić information content (AvgIpc) is 3.84. The highest BCUT2D eigenvalue weighted by Crippen LogP contribution is 2.45. The van der Waals surface area contributed by atoms with Crippen LogP contribution in [0.4, 0.5) is 0 Å². The molecule has 5 heteroatoms. The molecule has 10 aromatic rings. The van der Waals surface area contributed by atoms with Crippen molar-refractivity contribution in [1.82, 2.24) is 14.1 Å². The first-order valence-electron chi connectivity index (χ1n) is 22.8. The van der Waals surface area contributed by atoms with Gasteiger partial charge in [-0.2, -0.15) is 0 Å². The zero-order valence-electron chi connectivity index (χ0n) is 38.8. The van der Waals surface area contributed by atoms with Crippen LogP contribution in [0.1, 0.15) is 62.3 Å². The molecule has 11 rings (SSSR count). The zero-order valence-corrected chi connectivity index (χ0v) is 35.8. The molecule has 0 spiro atoms. The molecule has 0 amide bonds. The van der Waals surface area contributed by atoms with E-state index in [-0.39, 0.29) is 5.41 Å². The van der Waals surface area contributed by atoms with Crippen LogP contribution in [-0.4, -0.2) is 14.1 Å². The molecule has 0 unspecified atom stereocenters. The van der Waals surface area contributed by atoms with Gasteiger partial charge in [0.2, 0.25) is 0 Å². The first kappa shape index (κ1) is 34.5. The predicted octanol–water partition coefficient (Wildman–Crippen LogP) is 14.2. The Balaban J connectivity index is 1.11. The molecular formula is C57H48N4O. The Kier molecular flexibility index (Phi) is 7.73. The van der Waals surface area contributed by atoms with Crippen molar-refractivity contribution in [3.8, 4) is 62.1 Å². The first-order chi connectivity index (χ1) is 31.1. The second-order valence-electron chi connectivity index (χ2n) is 18.5. The Labute approximate surface area is 367 Å². The Bertz CT molecular complexity index is 3540. The molecule has 1 aliphatic heterocycles. The van der Waals surface area contributed by atoms with E-state index < -0.39 is 12.3 Å². The fourth-order valence-corrected chi connectivity index (χ4v) is 9.37. The maximum Gasteiger partial charge on any atom is 0.269 e. The van der Waals surface area contributed by atoms with Crippen LogP contribution >= 0.6 is 0 Å². The smallest absolute Gasteiger partial charge is 0.269 e. The Morgan fingerprint density at radius 1 is 0.565 bits per heavy atom. The summed E-state index contributed by atoms with van der Waals surface area (Å²) in [5.74, 6) is 2.24. The standard InChI is InChI=1S/C57H48N4O/c1-36-30-48-44-21-11-9-19-42(44)41-18-8-10-20-43(41)47-23-15-25-51-55(47)60(54(48)49(31-36)57(5,6)7)35-59(51)38-16-14-17-39(33-38)62-40-26-27-46-45-22-12-13-24-50(45)61(52(46)34-40)53-32-37(28-29-58-53)56(2,3)4/h8-34H,1-7H3/i1D3. The van der Waals surface area contributed by atoms with E-state index in [1.54, 1.807) is 0 Å². The summed E-state index contributed by atoms with van der Waals surface area (Å²) >= 11 is 0. The Hall–Kier alpha value is -7.24. The monoisotopic (exact) mass is 807 g/mol. The summed E-state index contributed by atoms with van der Waals surface area (Å²) in [4.78, 5) is 4.88. The third kappa shape index (κ3) is 6.06. The van der Waals surface area contributed by atoms with Crippen LogP contribution in [0, 0.1) is 13.2 Å². The van der Waals surface area contributed by atoms with Gasteiger partial charge in [0.15, 0.2) is 0 Å². The number of hydrogen-bond donors (Lipinski definition) is 0. The molecule has 5 nitrogen and oxygen atoms in total. The lowest BCUT2D eigenvalue weighted by Crippen LogP contribution is -2.35. The van der Waals surface area contributed by atoms with Crippen molar-refractivity contribution in [2.24, 2.45) is 0 Å². The molecule has 1 aliphatic rings. The van der Waals surface area contributed by atoms with Crippen molar-refractivity contribution in [3.63, 3.8) is 0 Å². The maximum atomic E-state index is 8.62. The fourth-order valence-electron chi connectivity index (χ4n) is 9.37. The van der Waals surface area contributed by atoms with Crippen molar-refractivity contribution >= 4 is 32.8 Å². The minimum Gasteiger partial charge on any atom is -0.458 e. The number of aromatic nitrogens is 4. The lowest BCUT2D eigenvalue weighted by Gasteiger charge is -2.27. The van der Waals surface area contributed by atoms with Crippen molar-refractivity contribution in [3.05, 3.63) is 187 Å². The number of fused-ring (bicyclic) bond motifs is 10. The molecule has 0 fully saturated rings. The van der Waals surface area contributed by atoms with Crippen LogP contribution in [0.15, 0.2) is 164 Å². The number of imidazole rings is 1. The highest BCUT2D eigenvalue weighted by molar-refractivity contribution is 6.09. The van der Waals surface area contributed by atoms with Crippen molar-refractivity contribution in [1.29, 1.82) is 0 Å². The molecule has 4 heterocycles. The van der Waals surface area contributed by atoms with Crippen LogP contribution in [0.5, 0.6) is 11.5 Å². The van der Waals surface area contributed by atoms with E-state index in [4.69, 9.17) is 13.8 Å². The number of rotatable bonds is 4. The van der Waals surface area contributed by atoms with Crippen molar-refractivity contribution in [2.45, 2.75) is 59.2 Å². The third-order valence-corrected chi connectivity index (χ3v) is 12.3. The van der Waals surface area contributed by atoms with Gasteiger partial charge in [-0.25, -0.2) is 4.98 Å². The molecular weight excluding hydrogens is 757 g/mol. The minimum absolute atomic E-state index is 0.0358. The van der Waals surface area contributed by atoms with Crippen molar-refractivity contribution in [2.75, 3.05) is 0 Å². The Morgan fingerprint density at radius 2 is 1.21 bits per heavy atom. The van der Waals surface area contributed by atoms with Gasteiger partial charge in [-0.05, 0) is 111 Å². The van der Waals surface area contributed by atoms with E-state index in [9.17, 15) is 0 Å². The molecule has 0 N–H and O–H groups in total. The molecule has 0 bridgehead atoms. The van der Waals surface area contributed by atoms with Gasteiger partial charge >= 0.3 is 0 Å². The van der Waals surface area contributed by atoms with Crippen LogP contribution in [0.3, 0.4) is 0 Å². The molecule has 302 valence electrons. The quantitative estimate of drug-likeness (QED) is 0.131. The summed E-state index contributed by atoms with van der Waals surface area (Å²) in [6.07, 6.45) is 5.73. The van der Waals surface area contributed by atoms with Gasteiger partial charge in [0, 0.05) is 27.1 Å². The highest BCUT2D eigenvalue weighted by Gasteiger charge is 2.29. The highest BCUT2D eigenvalue weighted by atomic mass is 16.5. The first-order valence-corrected chi connectivity index (χ1v) is 21.3. The van der Waals surface area contributed by atoms with Crippen molar-refractivity contribution < 1.29 is 13.4 Å². The molecule has 0 aliphatic carbocycles. The van der Waals surface area contributed by atoms with Crippen LogP contribution in [0.2, 0.25) is 0 Å². The Morgan fingerprint density at radius 3 is 1.95 bits per heavy atom. The zero-order chi connectivity index (χ0) is 45.0. The largest absolute Gasteiger partial charge is 0.458 e. The summed E-state index contributed by atoms with van der Waals surface area (Å²) in [5.41, 5.74) is 13.8. The summed E-state index contributed by atoms with van der Waals surface area (Å²) in [7, 11) is 0. The second kappa shape index (κ2) is 13.9. The molecule has 0 atom stereocenters. The molecule has 3 aromatic heterocycles. The summed E-state index contributed by atoms with van der Waals surface area (Å²) in [5, 5.41) is 2.27. The number of nitrogens with zero attached hydrogens (tertiary/aromatic N) is 4. The van der Waals surface area contributed by atoms with Gasteiger partial charge in [0.05, 0.1) is 33.4 Å². The number of pyridine rings is 1. The van der Waals surface area contributed by atoms with Gasteiger partial charge in [-0.3, -0.25) is 13.7 Å². The lowest BCUT2D eigenvalue weighted by atomic mass is 9.81. The fraction of sp³-hybridized carbons (Fsp3) is 0.158. The number of aryl methyl sites for hydroxylation is 1. The number of hydrogen-bond acceptors (Lipinski definition) is 2. The van der Waals surface area contributed by atoms with Crippen LogP contribution < -0.4 is 9.30 Å². The third-order valence-electron chi connectivity index (χ3n) is 12.3. The van der Waals surface area contributed by atoms with E-state index in [2.05, 4.69) is 183 Å². The maximum absolute atomic E-state index is 8.62. The van der Waals surface area contributed by atoms with E-state index in [0.717, 1.165) is 89.0 Å². The minimum atomic E-state index is -2.32. The normalized spacial score (nSPS) is 13.4. The van der Waals surface area contributed by atoms with Gasteiger partial charge in [0.25, 0.3) is 6.33 Å². The lowest BCUT2D eigenvalue weighted by molar-refractivity contribution is -0.572. The molecule has 7 aromatic carbocycles. The SMILES string of the molecule is [2H]C([2H])([2H])c1cc2c(c(C(C)(C)C)c1)-[n+]1[c-]n(-c3cccc(Oc4ccc5c6ccccc6n(-c6cc(C(C)(C)C)ccn6)c5c4)c3)c3cccc(c31)-c1ccccc1-c1ccccc1-2. The number of benzene rings is 7. The number of ether oxygens (including phenoxy) is 1. The van der Waals surface area contributed by atoms with Gasteiger partial charge in [0.1, 0.15) is 17.3 Å². The predicted molar refractivity (Wildman–Crippen MR) is 254 cm³/mol. The van der Waals surface area contributed by atoms with E-state index >= 15 is 0 Å². The van der Waals surface area contributed by atoms with Crippen LogP contribution in [0.25, 0.3) is 83.4 Å². The summed E-state index contributed by atoms with van der Waals surface area (Å²) in [6.45, 7) is 10.8. The van der Waals surface area contributed by atoms with E-state index in [0.29, 0.717) is 17.1 Å². The second-order valence-corrected chi connectivity index (χ2v) is 18.5. The molecule has 0 saturated heterocycles. The summed E-state index contributed by atoms with van der Waals surface area (Å²) < 4.78 is 39.2. The average molecular weight is 808 g/mol. The van der Waals surface area contributed by atoms with Gasteiger partial charge in [-0.15, -0.1) is 0 Å².